The summed E-state index contributed by atoms with van der Waals surface area (Å²) in [6.45, 7) is 3.27. The van der Waals surface area contributed by atoms with Crippen LogP contribution < -0.4 is 0 Å². The monoisotopic (exact) mass is 364 g/mol. The molecule has 1 amide bonds. The Morgan fingerprint density at radius 3 is 2.92 bits per heavy atom. The van der Waals surface area contributed by atoms with Crippen LogP contribution in [0.25, 0.3) is 16.6 Å². The van der Waals surface area contributed by atoms with Crippen molar-refractivity contribution in [2.24, 2.45) is 0 Å². The molecule has 7 heteroatoms. The third kappa shape index (κ3) is 2.43. The molecule has 1 aliphatic rings. The molecule has 0 atom stereocenters. The van der Waals surface area contributed by atoms with Crippen molar-refractivity contribution in [2.75, 3.05) is 13.1 Å². The molecule has 4 aromatic heterocycles. The molecular formula is C19H16N4O2S. The van der Waals surface area contributed by atoms with Gasteiger partial charge in [-0.25, -0.2) is 9.97 Å². The first-order valence-corrected chi connectivity index (χ1v) is 9.27. The number of imidazole rings is 1. The molecule has 0 unspecified atom stereocenters. The molecule has 0 aliphatic carbocycles. The normalized spacial score (nSPS) is 14.7. The number of amides is 1. The average molecular weight is 364 g/mol. The van der Waals surface area contributed by atoms with Crippen molar-refractivity contribution in [2.45, 2.75) is 12.8 Å². The van der Waals surface area contributed by atoms with Crippen LogP contribution >= 0.6 is 11.3 Å². The van der Waals surface area contributed by atoms with Crippen molar-refractivity contribution in [3.05, 3.63) is 65.0 Å². The smallest absolute Gasteiger partial charge is 0.273 e. The van der Waals surface area contributed by atoms with Crippen LogP contribution in [0.4, 0.5) is 0 Å². The second-order valence-corrected chi connectivity index (χ2v) is 7.57. The van der Waals surface area contributed by atoms with Crippen molar-refractivity contribution in [3.8, 4) is 11.1 Å². The van der Waals surface area contributed by atoms with E-state index in [0.29, 0.717) is 18.8 Å². The van der Waals surface area contributed by atoms with Gasteiger partial charge in [-0.3, -0.25) is 4.79 Å². The van der Waals surface area contributed by atoms with Crippen LogP contribution in [0, 0.1) is 6.92 Å². The van der Waals surface area contributed by atoms with Crippen LogP contribution in [0.2, 0.25) is 0 Å². The minimum Gasteiger partial charge on any atom is -0.472 e. The van der Waals surface area contributed by atoms with E-state index in [2.05, 4.69) is 16.0 Å². The molecule has 0 spiro atoms. The molecule has 5 heterocycles. The number of rotatable bonds is 3. The van der Waals surface area contributed by atoms with Crippen LogP contribution in [0.5, 0.6) is 0 Å². The van der Waals surface area contributed by atoms with Crippen molar-refractivity contribution in [1.82, 2.24) is 19.3 Å². The van der Waals surface area contributed by atoms with E-state index >= 15 is 0 Å². The van der Waals surface area contributed by atoms with Gasteiger partial charge < -0.3 is 13.7 Å². The number of carbonyl (C=O) groups excluding carboxylic acids is 1. The van der Waals surface area contributed by atoms with Gasteiger partial charge in [-0.1, -0.05) is 0 Å². The molecule has 0 N–H and O–H groups in total. The lowest BCUT2D eigenvalue weighted by molar-refractivity contribution is 0.0595. The van der Waals surface area contributed by atoms with E-state index in [1.807, 2.05) is 46.3 Å². The van der Waals surface area contributed by atoms with E-state index in [1.54, 1.807) is 12.5 Å². The summed E-state index contributed by atoms with van der Waals surface area (Å²) in [5.41, 5.74) is 4.80. The highest BCUT2D eigenvalue weighted by atomic mass is 32.1. The van der Waals surface area contributed by atoms with Crippen molar-refractivity contribution >= 4 is 22.8 Å². The summed E-state index contributed by atoms with van der Waals surface area (Å²) in [4.78, 5) is 23.2. The Bertz CT molecular complexity index is 1090. The van der Waals surface area contributed by atoms with E-state index in [0.717, 1.165) is 27.3 Å². The van der Waals surface area contributed by atoms with Crippen LogP contribution in [-0.2, 0) is 0 Å². The van der Waals surface area contributed by atoms with Gasteiger partial charge in [0.25, 0.3) is 5.91 Å². The number of thiazole rings is 1. The number of aryl methyl sites for hydroxylation is 1. The minimum atomic E-state index is 0.00759. The maximum Gasteiger partial charge on any atom is 0.273 e. The third-order valence-electron chi connectivity index (χ3n) is 4.82. The van der Waals surface area contributed by atoms with Crippen LogP contribution in [-0.4, -0.2) is 38.3 Å². The van der Waals surface area contributed by atoms with Gasteiger partial charge in [0, 0.05) is 36.1 Å². The van der Waals surface area contributed by atoms with Gasteiger partial charge in [0.15, 0.2) is 0 Å². The van der Waals surface area contributed by atoms with Crippen molar-refractivity contribution in [3.63, 3.8) is 0 Å². The lowest BCUT2D eigenvalue weighted by Crippen LogP contribution is -2.48. The number of likely N-dealkylation sites (tertiary alicyclic amines) is 1. The number of hydrogen-bond acceptors (Lipinski definition) is 5. The van der Waals surface area contributed by atoms with E-state index in [1.165, 1.54) is 11.3 Å². The summed E-state index contributed by atoms with van der Waals surface area (Å²) in [5.74, 6) is 0.261. The predicted molar refractivity (Wildman–Crippen MR) is 98.4 cm³/mol. The highest BCUT2D eigenvalue weighted by Gasteiger charge is 2.35. The van der Waals surface area contributed by atoms with E-state index in [-0.39, 0.29) is 11.8 Å². The predicted octanol–water partition coefficient (Wildman–Crippen LogP) is 3.60. The van der Waals surface area contributed by atoms with E-state index < -0.39 is 0 Å². The van der Waals surface area contributed by atoms with E-state index in [4.69, 9.17) is 4.42 Å². The third-order valence-corrected chi connectivity index (χ3v) is 5.59. The van der Waals surface area contributed by atoms with Gasteiger partial charge in [0.05, 0.1) is 35.1 Å². The quantitative estimate of drug-likeness (QED) is 0.557. The molecule has 6 nitrogen and oxygen atoms in total. The first-order valence-electron chi connectivity index (χ1n) is 8.39. The molecule has 0 bridgehead atoms. The molecule has 1 fully saturated rings. The number of hydrogen-bond donors (Lipinski definition) is 0. The maximum atomic E-state index is 12.5. The zero-order valence-corrected chi connectivity index (χ0v) is 14.9. The Hall–Kier alpha value is -2.93. The van der Waals surface area contributed by atoms with Gasteiger partial charge in [-0.05, 0) is 30.7 Å². The highest BCUT2D eigenvalue weighted by Crippen LogP contribution is 2.32. The fourth-order valence-electron chi connectivity index (χ4n) is 3.37. The Morgan fingerprint density at radius 2 is 2.19 bits per heavy atom. The Kier molecular flexibility index (Phi) is 3.43. The van der Waals surface area contributed by atoms with Crippen LogP contribution in [0.3, 0.4) is 0 Å². The van der Waals surface area contributed by atoms with Crippen molar-refractivity contribution in [1.29, 1.82) is 0 Å². The number of carbonyl (C=O) groups is 1. The molecular weight excluding hydrogens is 348 g/mol. The summed E-state index contributed by atoms with van der Waals surface area (Å²) in [7, 11) is 0. The molecule has 4 aromatic rings. The Labute approximate surface area is 153 Å². The number of aromatic nitrogens is 3. The lowest BCUT2D eigenvalue weighted by Gasteiger charge is -2.38. The topological polar surface area (TPSA) is 63.6 Å². The van der Waals surface area contributed by atoms with Gasteiger partial charge >= 0.3 is 0 Å². The second kappa shape index (κ2) is 5.81. The molecule has 0 radical (unpaired) electrons. The summed E-state index contributed by atoms with van der Waals surface area (Å²) < 4.78 is 7.21. The van der Waals surface area contributed by atoms with Crippen LogP contribution in [0.1, 0.15) is 27.1 Å². The number of pyridine rings is 1. The molecule has 1 saturated heterocycles. The summed E-state index contributed by atoms with van der Waals surface area (Å²) >= 11 is 1.50. The fourth-order valence-corrected chi connectivity index (χ4v) is 3.96. The molecule has 5 rings (SSSR count). The number of furan rings is 1. The van der Waals surface area contributed by atoms with Crippen LogP contribution in [0.15, 0.2) is 53.0 Å². The molecule has 1 aliphatic heterocycles. The zero-order chi connectivity index (χ0) is 17.7. The molecule has 26 heavy (non-hydrogen) atoms. The van der Waals surface area contributed by atoms with E-state index in [9.17, 15) is 4.79 Å². The fraction of sp³-hybridized carbons (Fsp3) is 0.211. The summed E-state index contributed by atoms with van der Waals surface area (Å²) in [6, 6.07) is 6.12. The largest absolute Gasteiger partial charge is 0.472 e. The zero-order valence-electron chi connectivity index (χ0n) is 14.1. The first-order chi connectivity index (χ1) is 12.7. The number of nitrogens with zero attached hydrogens (tertiary/aromatic N) is 4. The lowest BCUT2D eigenvalue weighted by atomic mass is 9.94. The van der Waals surface area contributed by atoms with Gasteiger partial charge in [0.2, 0.25) is 0 Å². The summed E-state index contributed by atoms with van der Waals surface area (Å²) in [5, 5.41) is 2.74. The SMILES string of the molecule is Cc1nc(C(=O)N2CC(c3ncn4ccc(-c5ccoc5)cc34)C2)cs1. The second-order valence-electron chi connectivity index (χ2n) is 6.51. The Balaban J connectivity index is 1.39. The maximum absolute atomic E-state index is 12.5. The number of fused-ring (bicyclic) bond motifs is 1. The summed E-state index contributed by atoms with van der Waals surface area (Å²) in [6.07, 6.45) is 7.25. The highest BCUT2D eigenvalue weighted by molar-refractivity contribution is 7.09. The van der Waals surface area contributed by atoms with Gasteiger partial charge in [-0.2, -0.15) is 0 Å². The van der Waals surface area contributed by atoms with Crippen molar-refractivity contribution < 1.29 is 9.21 Å². The van der Waals surface area contributed by atoms with Gasteiger partial charge in [-0.15, -0.1) is 11.3 Å². The van der Waals surface area contributed by atoms with Gasteiger partial charge in [0.1, 0.15) is 5.69 Å². The minimum absolute atomic E-state index is 0.00759. The molecule has 130 valence electrons. The average Bonchev–Trinajstić information content (AvgIpc) is 3.33. The molecule has 0 aromatic carbocycles. The molecule has 0 saturated carbocycles. The standard InChI is InChI=1S/C19H16N4O2S/c1-12-21-16(10-26-12)19(24)23-7-15(8-23)18-17-6-13(14-3-5-25-9-14)2-4-22(17)11-20-18/h2-6,9-11,15H,7-8H2,1H3. The Morgan fingerprint density at radius 1 is 1.31 bits per heavy atom. The first kappa shape index (κ1) is 15.3.